The van der Waals surface area contributed by atoms with Gasteiger partial charge in [0.1, 0.15) is 5.82 Å². The molecule has 3 heterocycles. The Kier molecular flexibility index (Phi) is 7.95. The van der Waals surface area contributed by atoms with E-state index < -0.39 is 0 Å². The lowest BCUT2D eigenvalue weighted by atomic mass is 9.92. The molecular formula is C33H41N5O2. The molecule has 1 aliphatic heterocycles. The Morgan fingerprint density at radius 1 is 1.07 bits per heavy atom. The molecular weight excluding hydrogens is 498 g/mol. The van der Waals surface area contributed by atoms with Crippen molar-refractivity contribution in [3.05, 3.63) is 70.6 Å². The Morgan fingerprint density at radius 3 is 2.48 bits per heavy atom. The largest absolute Gasteiger partial charge is 0.354 e. The average Bonchev–Trinajstić information content (AvgIpc) is 3.28. The van der Waals surface area contributed by atoms with Gasteiger partial charge in [-0.1, -0.05) is 18.6 Å². The smallest absolute Gasteiger partial charge is 0.252 e. The summed E-state index contributed by atoms with van der Waals surface area (Å²) in [6, 6.07) is 8.65. The number of pyridine rings is 1. The van der Waals surface area contributed by atoms with E-state index in [1.807, 2.05) is 32.2 Å². The van der Waals surface area contributed by atoms with Gasteiger partial charge in [-0.15, -0.1) is 0 Å². The number of nitrogens with one attached hydrogen (secondary N) is 1. The van der Waals surface area contributed by atoms with Gasteiger partial charge in [0.05, 0.1) is 0 Å². The molecule has 1 atom stereocenters. The molecule has 5 rings (SSSR count). The molecule has 1 amide bonds. The summed E-state index contributed by atoms with van der Waals surface area (Å²) in [7, 11) is 2.15. The fourth-order valence-electron chi connectivity index (χ4n) is 5.86. The van der Waals surface area contributed by atoms with Crippen LogP contribution in [0, 0.1) is 6.92 Å². The standard InChI is InChI=1S/C33H41N5O2/c1-7-24(5)38-20-23(4)32-27(33(40)35-19-28-22(3)14-21(2)15-30(28)39)16-26(17-29(32)38)25-8-9-31(34-18-25)37-12-10-36(6)11-13-37/h8-9,14,16-18,20,24H,7,10-13,15,19H2,1-6H3,(H,35,40). The van der Waals surface area contributed by atoms with E-state index in [4.69, 9.17) is 4.98 Å². The molecule has 0 saturated carbocycles. The van der Waals surface area contributed by atoms with Gasteiger partial charge in [0.15, 0.2) is 5.78 Å². The number of benzene rings is 1. The number of aromatic nitrogens is 2. The van der Waals surface area contributed by atoms with Crippen molar-refractivity contribution < 1.29 is 9.59 Å². The first-order chi connectivity index (χ1) is 19.2. The zero-order valence-corrected chi connectivity index (χ0v) is 24.7. The van der Waals surface area contributed by atoms with Crippen LogP contribution in [0.2, 0.25) is 0 Å². The predicted octanol–water partition coefficient (Wildman–Crippen LogP) is 5.70. The fourth-order valence-corrected chi connectivity index (χ4v) is 5.86. The molecule has 3 aromatic rings. The van der Waals surface area contributed by atoms with Gasteiger partial charge in [-0.3, -0.25) is 9.59 Å². The van der Waals surface area contributed by atoms with Crippen molar-refractivity contribution in [3.63, 3.8) is 0 Å². The van der Waals surface area contributed by atoms with Gasteiger partial charge in [0, 0.05) is 85.2 Å². The molecule has 40 heavy (non-hydrogen) atoms. The second kappa shape index (κ2) is 11.4. The lowest BCUT2D eigenvalue weighted by Crippen LogP contribution is -2.44. The van der Waals surface area contributed by atoms with Crippen LogP contribution in [0.1, 0.15) is 62.5 Å². The topological polar surface area (TPSA) is 70.5 Å². The van der Waals surface area contributed by atoms with Gasteiger partial charge in [-0.05, 0) is 82.1 Å². The van der Waals surface area contributed by atoms with Gasteiger partial charge in [-0.2, -0.15) is 0 Å². The fraction of sp³-hybridized carbons (Fsp3) is 0.424. The Bertz CT molecular complexity index is 1500. The third-order valence-corrected chi connectivity index (χ3v) is 8.48. The third-order valence-electron chi connectivity index (χ3n) is 8.48. The molecule has 0 bridgehead atoms. The molecule has 210 valence electrons. The number of piperazine rings is 1. The summed E-state index contributed by atoms with van der Waals surface area (Å²) in [6.07, 6.45) is 7.51. The summed E-state index contributed by atoms with van der Waals surface area (Å²) in [4.78, 5) is 35.9. The third kappa shape index (κ3) is 5.48. The highest BCUT2D eigenvalue weighted by atomic mass is 16.2. The van der Waals surface area contributed by atoms with E-state index in [2.05, 4.69) is 71.9 Å². The Hall–Kier alpha value is -3.71. The highest BCUT2D eigenvalue weighted by Crippen LogP contribution is 2.34. The second-order valence-electron chi connectivity index (χ2n) is 11.5. The maximum Gasteiger partial charge on any atom is 0.252 e. The molecule has 1 unspecified atom stereocenters. The van der Waals surface area contributed by atoms with E-state index in [1.165, 1.54) is 0 Å². The number of fused-ring (bicyclic) bond motifs is 1. The number of aryl methyl sites for hydroxylation is 1. The van der Waals surface area contributed by atoms with Crippen LogP contribution >= 0.6 is 0 Å². The van der Waals surface area contributed by atoms with Crippen LogP contribution in [0.15, 0.2) is 59.5 Å². The number of ketones is 1. The number of carbonyl (C=O) groups excluding carboxylic acids is 2. The molecule has 7 nitrogen and oxygen atoms in total. The minimum absolute atomic E-state index is 0.0855. The van der Waals surface area contributed by atoms with Gasteiger partial charge in [-0.25, -0.2) is 4.98 Å². The summed E-state index contributed by atoms with van der Waals surface area (Å²) in [5.74, 6) is 0.903. The van der Waals surface area contributed by atoms with Crippen molar-refractivity contribution in [2.75, 3.05) is 44.7 Å². The lowest BCUT2D eigenvalue weighted by Gasteiger charge is -2.33. The minimum Gasteiger partial charge on any atom is -0.354 e. The van der Waals surface area contributed by atoms with Gasteiger partial charge < -0.3 is 19.7 Å². The predicted molar refractivity (Wildman–Crippen MR) is 163 cm³/mol. The van der Waals surface area contributed by atoms with E-state index in [0.29, 0.717) is 23.6 Å². The number of Topliss-reactive ketones (excluding diaryl/α,β-unsaturated/α-hetero) is 1. The summed E-state index contributed by atoms with van der Waals surface area (Å²) in [5, 5.41) is 4.03. The summed E-state index contributed by atoms with van der Waals surface area (Å²) in [6.45, 7) is 14.6. The molecule has 1 fully saturated rings. The van der Waals surface area contributed by atoms with Crippen molar-refractivity contribution in [3.8, 4) is 11.1 Å². The zero-order chi connectivity index (χ0) is 28.6. The number of anilines is 1. The SMILES string of the molecule is CCC(C)n1cc(C)c2c(C(=O)NCC3=C(C)C=C(C)CC3=O)cc(-c3ccc(N4CCN(C)CC4)nc3)cc21. The molecule has 1 N–H and O–H groups in total. The first-order valence-corrected chi connectivity index (χ1v) is 14.4. The molecule has 1 saturated heterocycles. The van der Waals surface area contributed by atoms with Crippen LogP contribution in [0.25, 0.3) is 22.0 Å². The quantitative estimate of drug-likeness (QED) is 0.417. The summed E-state index contributed by atoms with van der Waals surface area (Å²) < 4.78 is 2.28. The Balaban J connectivity index is 1.51. The molecule has 1 aliphatic carbocycles. The number of nitrogens with zero attached hydrogens (tertiary/aromatic N) is 4. The van der Waals surface area contributed by atoms with Crippen LogP contribution in [-0.2, 0) is 4.79 Å². The highest BCUT2D eigenvalue weighted by molar-refractivity contribution is 6.10. The highest BCUT2D eigenvalue weighted by Gasteiger charge is 2.22. The number of likely N-dealkylation sites (N-methyl/N-ethyl adjacent to an activating group) is 1. The maximum absolute atomic E-state index is 13.8. The van der Waals surface area contributed by atoms with E-state index in [-0.39, 0.29) is 18.2 Å². The van der Waals surface area contributed by atoms with Crippen LogP contribution in [-0.4, -0.2) is 65.9 Å². The average molecular weight is 540 g/mol. The van der Waals surface area contributed by atoms with Gasteiger partial charge in [0.25, 0.3) is 5.91 Å². The Labute approximate surface area is 237 Å². The van der Waals surface area contributed by atoms with Gasteiger partial charge >= 0.3 is 0 Å². The molecule has 1 aromatic carbocycles. The number of carbonyl (C=O) groups is 2. The first kappa shape index (κ1) is 27.8. The van der Waals surface area contributed by atoms with Crippen LogP contribution < -0.4 is 10.2 Å². The normalized spacial score (nSPS) is 17.4. The second-order valence-corrected chi connectivity index (χ2v) is 11.5. The van der Waals surface area contributed by atoms with Crippen LogP contribution in [0.5, 0.6) is 0 Å². The summed E-state index contributed by atoms with van der Waals surface area (Å²) in [5.41, 5.74) is 7.34. The number of amides is 1. The van der Waals surface area contributed by atoms with E-state index in [9.17, 15) is 9.59 Å². The van der Waals surface area contributed by atoms with Crippen molar-refractivity contribution in [2.24, 2.45) is 0 Å². The van der Waals surface area contributed by atoms with Crippen molar-refractivity contribution in [1.29, 1.82) is 0 Å². The number of hydrogen-bond acceptors (Lipinski definition) is 5. The minimum atomic E-state index is -0.168. The zero-order valence-electron chi connectivity index (χ0n) is 24.7. The van der Waals surface area contributed by atoms with E-state index >= 15 is 0 Å². The van der Waals surface area contributed by atoms with Crippen molar-refractivity contribution in [1.82, 2.24) is 19.8 Å². The lowest BCUT2D eigenvalue weighted by molar-refractivity contribution is -0.115. The number of rotatable bonds is 7. The molecule has 2 aromatic heterocycles. The number of allylic oxidation sites excluding steroid dienone is 3. The molecule has 0 spiro atoms. The van der Waals surface area contributed by atoms with Gasteiger partial charge in [0.2, 0.25) is 0 Å². The maximum atomic E-state index is 13.8. The molecule has 2 aliphatic rings. The van der Waals surface area contributed by atoms with E-state index in [0.717, 1.165) is 77.2 Å². The summed E-state index contributed by atoms with van der Waals surface area (Å²) >= 11 is 0. The van der Waals surface area contributed by atoms with Crippen molar-refractivity contribution >= 4 is 28.4 Å². The Morgan fingerprint density at radius 2 is 1.82 bits per heavy atom. The van der Waals surface area contributed by atoms with E-state index in [1.54, 1.807) is 0 Å². The number of hydrogen-bond donors (Lipinski definition) is 1. The molecule has 0 radical (unpaired) electrons. The van der Waals surface area contributed by atoms with Crippen LogP contribution in [0.4, 0.5) is 5.82 Å². The van der Waals surface area contributed by atoms with Crippen molar-refractivity contribution in [2.45, 2.75) is 53.5 Å². The van der Waals surface area contributed by atoms with Crippen LogP contribution in [0.3, 0.4) is 0 Å². The molecule has 7 heteroatoms. The first-order valence-electron chi connectivity index (χ1n) is 14.4. The monoisotopic (exact) mass is 539 g/mol.